The molecule has 1 aliphatic rings. The van der Waals surface area contributed by atoms with Gasteiger partial charge < -0.3 is 10.1 Å². The van der Waals surface area contributed by atoms with Gasteiger partial charge in [0, 0.05) is 12.5 Å². The lowest BCUT2D eigenvalue weighted by Crippen LogP contribution is -2.16. The Bertz CT molecular complexity index is 536. The molecule has 0 fully saturated rings. The lowest BCUT2D eigenvalue weighted by molar-refractivity contribution is 0.357. The molecule has 1 aromatic heterocycles. The summed E-state index contributed by atoms with van der Waals surface area (Å²) in [5.74, 6) is 1.08. The second-order valence-corrected chi connectivity index (χ2v) is 5.76. The van der Waals surface area contributed by atoms with Crippen LogP contribution in [0.3, 0.4) is 0 Å². The average Bonchev–Trinajstić information content (AvgIpc) is 3.10. The zero-order valence-corrected chi connectivity index (χ0v) is 12.0. The molecule has 0 amide bonds. The molecule has 19 heavy (non-hydrogen) atoms. The van der Waals surface area contributed by atoms with Crippen LogP contribution in [-0.4, -0.2) is 13.7 Å². The Morgan fingerprint density at radius 1 is 1.37 bits per heavy atom. The van der Waals surface area contributed by atoms with E-state index in [-0.39, 0.29) is 0 Å². The average molecular weight is 273 g/mol. The Kier molecular flexibility index (Phi) is 3.85. The van der Waals surface area contributed by atoms with Gasteiger partial charge in [-0.1, -0.05) is 12.1 Å². The van der Waals surface area contributed by atoms with E-state index < -0.39 is 0 Å². The zero-order chi connectivity index (χ0) is 13.1. The highest BCUT2D eigenvalue weighted by molar-refractivity contribution is 7.07. The summed E-state index contributed by atoms with van der Waals surface area (Å²) >= 11 is 1.76. The summed E-state index contributed by atoms with van der Waals surface area (Å²) in [5, 5.41) is 7.79. The van der Waals surface area contributed by atoms with Crippen LogP contribution in [0.5, 0.6) is 5.75 Å². The van der Waals surface area contributed by atoms with Gasteiger partial charge in [-0.05, 0) is 59.5 Å². The van der Waals surface area contributed by atoms with Crippen LogP contribution in [0.15, 0.2) is 35.0 Å². The molecule has 0 aliphatic carbocycles. The Balaban J connectivity index is 1.65. The molecule has 2 aromatic rings. The molecule has 1 unspecified atom stereocenters. The first-order chi connectivity index (χ1) is 9.36. The van der Waals surface area contributed by atoms with Crippen LogP contribution < -0.4 is 10.1 Å². The number of nitrogens with one attached hydrogen (secondary N) is 1. The summed E-state index contributed by atoms with van der Waals surface area (Å²) in [5.41, 5.74) is 4.19. The van der Waals surface area contributed by atoms with Crippen molar-refractivity contribution in [2.45, 2.75) is 25.3 Å². The molecule has 3 heteroatoms. The van der Waals surface area contributed by atoms with Crippen LogP contribution >= 0.6 is 11.3 Å². The minimum Gasteiger partial charge on any atom is -0.493 e. The maximum atomic E-state index is 5.55. The second kappa shape index (κ2) is 5.76. The zero-order valence-electron chi connectivity index (χ0n) is 11.2. The summed E-state index contributed by atoms with van der Waals surface area (Å²) < 4.78 is 5.55. The number of thiophene rings is 1. The van der Waals surface area contributed by atoms with Crippen LogP contribution in [0.2, 0.25) is 0 Å². The van der Waals surface area contributed by atoms with Crippen molar-refractivity contribution in [3.05, 3.63) is 51.7 Å². The first-order valence-electron chi connectivity index (χ1n) is 6.81. The molecule has 1 aromatic carbocycles. The minimum atomic E-state index is 0.454. The Morgan fingerprint density at radius 3 is 3.11 bits per heavy atom. The SMILES string of the molecule is CNC(CCc1ccc2c(c1)CCO2)c1ccsc1. The molecule has 0 spiro atoms. The molecule has 1 aliphatic heterocycles. The summed E-state index contributed by atoms with van der Waals surface area (Å²) in [6, 6.07) is 9.29. The van der Waals surface area contributed by atoms with Gasteiger partial charge in [0.2, 0.25) is 0 Å². The molecule has 1 atom stereocenters. The molecule has 100 valence electrons. The minimum absolute atomic E-state index is 0.454. The van der Waals surface area contributed by atoms with Crippen LogP contribution in [0.1, 0.15) is 29.2 Å². The number of rotatable bonds is 5. The van der Waals surface area contributed by atoms with E-state index in [0.29, 0.717) is 6.04 Å². The summed E-state index contributed by atoms with van der Waals surface area (Å²) in [6.07, 6.45) is 3.30. The monoisotopic (exact) mass is 273 g/mol. The van der Waals surface area contributed by atoms with E-state index in [9.17, 15) is 0 Å². The molecule has 2 heterocycles. The first kappa shape index (κ1) is 12.7. The predicted molar refractivity (Wildman–Crippen MR) is 80.1 cm³/mol. The molecule has 3 rings (SSSR count). The fourth-order valence-electron chi connectivity index (χ4n) is 2.66. The van der Waals surface area contributed by atoms with Crippen molar-refractivity contribution in [3.63, 3.8) is 0 Å². The molecule has 0 saturated heterocycles. The largest absolute Gasteiger partial charge is 0.493 e. The van der Waals surface area contributed by atoms with Crippen molar-refractivity contribution in [3.8, 4) is 5.75 Å². The normalized spacial score (nSPS) is 15.0. The Labute approximate surface area is 118 Å². The number of hydrogen-bond donors (Lipinski definition) is 1. The van der Waals surface area contributed by atoms with Gasteiger partial charge in [-0.25, -0.2) is 0 Å². The number of hydrogen-bond acceptors (Lipinski definition) is 3. The lowest BCUT2D eigenvalue weighted by atomic mass is 9.99. The molecule has 1 N–H and O–H groups in total. The fraction of sp³-hybridized carbons (Fsp3) is 0.375. The van der Waals surface area contributed by atoms with Gasteiger partial charge in [-0.3, -0.25) is 0 Å². The Hall–Kier alpha value is -1.32. The summed E-state index contributed by atoms with van der Waals surface area (Å²) in [4.78, 5) is 0. The van der Waals surface area contributed by atoms with Gasteiger partial charge in [-0.15, -0.1) is 0 Å². The van der Waals surface area contributed by atoms with E-state index in [1.165, 1.54) is 16.7 Å². The van der Waals surface area contributed by atoms with Gasteiger partial charge in [-0.2, -0.15) is 11.3 Å². The van der Waals surface area contributed by atoms with Gasteiger partial charge in [0.25, 0.3) is 0 Å². The standard InChI is InChI=1S/C16H19NOS/c1-17-15(14-7-9-19-11-14)4-2-12-3-5-16-13(10-12)6-8-18-16/h3,5,7,9-11,15,17H,2,4,6,8H2,1H3. The molecular weight excluding hydrogens is 254 g/mol. The van der Waals surface area contributed by atoms with E-state index in [0.717, 1.165) is 31.6 Å². The van der Waals surface area contributed by atoms with Crippen molar-refractivity contribution < 1.29 is 4.74 Å². The van der Waals surface area contributed by atoms with E-state index in [1.807, 2.05) is 7.05 Å². The number of fused-ring (bicyclic) bond motifs is 1. The summed E-state index contributed by atoms with van der Waals surface area (Å²) in [7, 11) is 2.04. The van der Waals surface area contributed by atoms with Gasteiger partial charge in [0.15, 0.2) is 0 Å². The molecule has 0 radical (unpaired) electrons. The van der Waals surface area contributed by atoms with Crippen molar-refractivity contribution in [1.29, 1.82) is 0 Å². The maximum absolute atomic E-state index is 5.55. The number of ether oxygens (including phenoxy) is 1. The third-order valence-electron chi connectivity index (χ3n) is 3.77. The highest BCUT2D eigenvalue weighted by Gasteiger charge is 2.13. The van der Waals surface area contributed by atoms with Crippen LogP contribution in [0, 0.1) is 0 Å². The summed E-state index contributed by atoms with van der Waals surface area (Å²) in [6.45, 7) is 0.840. The van der Waals surface area contributed by atoms with E-state index in [2.05, 4.69) is 40.3 Å². The Morgan fingerprint density at radius 2 is 2.32 bits per heavy atom. The number of aryl methyl sites for hydroxylation is 1. The maximum Gasteiger partial charge on any atom is 0.122 e. The van der Waals surface area contributed by atoms with E-state index in [1.54, 1.807) is 11.3 Å². The number of benzene rings is 1. The van der Waals surface area contributed by atoms with Gasteiger partial charge in [0.05, 0.1) is 6.61 Å². The third-order valence-corrected chi connectivity index (χ3v) is 4.47. The van der Waals surface area contributed by atoms with Crippen LogP contribution in [-0.2, 0) is 12.8 Å². The highest BCUT2D eigenvalue weighted by Crippen LogP contribution is 2.27. The topological polar surface area (TPSA) is 21.3 Å². The smallest absolute Gasteiger partial charge is 0.122 e. The van der Waals surface area contributed by atoms with Gasteiger partial charge >= 0.3 is 0 Å². The van der Waals surface area contributed by atoms with Crippen molar-refractivity contribution >= 4 is 11.3 Å². The van der Waals surface area contributed by atoms with Crippen molar-refractivity contribution in [2.75, 3.05) is 13.7 Å². The second-order valence-electron chi connectivity index (χ2n) is 4.98. The molecular formula is C16H19NOS. The molecule has 2 nitrogen and oxygen atoms in total. The van der Waals surface area contributed by atoms with Crippen LogP contribution in [0.25, 0.3) is 0 Å². The van der Waals surface area contributed by atoms with Crippen molar-refractivity contribution in [1.82, 2.24) is 5.32 Å². The van der Waals surface area contributed by atoms with Crippen LogP contribution in [0.4, 0.5) is 0 Å². The molecule has 0 saturated carbocycles. The van der Waals surface area contributed by atoms with Gasteiger partial charge in [0.1, 0.15) is 5.75 Å². The third kappa shape index (κ3) is 2.82. The quantitative estimate of drug-likeness (QED) is 0.899. The molecule has 0 bridgehead atoms. The van der Waals surface area contributed by atoms with E-state index >= 15 is 0 Å². The first-order valence-corrected chi connectivity index (χ1v) is 7.75. The van der Waals surface area contributed by atoms with E-state index in [4.69, 9.17) is 4.74 Å². The fourth-order valence-corrected chi connectivity index (χ4v) is 3.37. The highest BCUT2D eigenvalue weighted by atomic mass is 32.1. The lowest BCUT2D eigenvalue weighted by Gasteiger charge is -2.15. The predicted octanol–water partition coefficient (Wildman–Crippen LogP) is 3.58. The van der Waals surface area contributed by atoms with Crippen molar-refractivity contribution in [2.24, 2.45) is 0 Å².